The molecule has 1 N–H and O–H groups in total. The van der Waals surface area contributed by atoms with Crippen LogP contribution in [0.15, 0.2) is 47.4 Å². The molecule has 0 heterocycles. The molecule has 1 atom stereocenters. The van der Waals surface area contributed by atoms with Gasteiger partial charge in [0, 0.05) is 13.6 Å². The fraction of sp³-hybridized carbons (Fsp3) is 0.200. The molecule has 0 fully saturated rings. The molecule has 0 aromatic heterocycles. The highest BCUT2D eigenvalue weighted by atomic mass is 32.2. The third-order valence-corrected chi connectivity index (χ3v) is 5.12. The van der Waals surface area contributed by atoms with Crippen LogP contribution in [0.4, 0.5) is 13.2 Å². The SMILES string of the molecule is CN(CC(O)c1ccc(F)c(F)c1)S(=O)(=O)c1ccc(F)cc1. The summed E-state index contributed by atoms with van der Waals surface area (Å²) in [4.78, 5) is -0.140. The average Bonchev–Trinajstić information content (AvgIpc) is 2.50. The van der Waals surface area contributed by atoms with E-state index >= 15 is 0 Å². The Morgan fingerprint density at radius 1 is 1.04 bits per heavy atom. The van der Waals surface area contributed by atoms with E-state index in [0.29, 0.717) is 0 Å². The standard InChI is InChI=1S/C15H14F3NO3S/c1-19(23(21,22)12-5-3-11(16)4-6-12)9-15(20)10-2-7-13(17)14(18)8-10/h2-8,15,20H,9H2,1H3. The zero-order valence-corrected chi connectivity index (χ0v) is 12.9. The van der Waals surface area contributed by atoms with Crippen LogP contribution in [-0.4, -0.2) is 31.4 Å². The van der Waals surface area contributed by atoms with E-state index in [2.05, 4.69) is 0 Å². The number of benzene rings is 2. The molecule has 1 unspecified atom stereocenters. The third kappa shape index (κ3) is 3.90. The summed E-state index contributed by atoms with van der Waals surface area (Å²) in [5.41, 5.74) is 0.0463. The Kier molecular flexibility index (Phi) is 5.08. The zero-order valence-electron chi connectivity index (χ0n) is 12.1. The van der Waals surface area contributed by atoms with E-state index in [0.717, 1.165) is 40.7 Å². The molecule has 23 heavy (non-hydrogen) atoms. The molecule has 4 nitrogen and oxygen atoms in total. The quantitative estimate of drug-likeness (QED) is 0.906. The first-order chi connectivity index (χ1) is 10.7. The third-order valence-electron chi connectivity index (χ3n) is 3.28. The van der Waals surface area contributed by atoms with Gasteiger partial charge in [0.25, 0.3) is 0 Å². The Balaban J connectivity index is 2.18. The van der Waals surface area contributed by atoms with Crippen molar-refractivity contribution in [1.29, 1.82) is 0 Å². The molecule has 0 bridgehead atoms. The van der Waals surface area contributed by atoms with E-state index in [1.54, 1.807) is 0 Å². The van der Waals surface area contributed by atoms with Crippen molar-refractivity contribution in [2.75, 3.05) is 13.6 Å². The molecular formula is C15H14F3NO3S. The molecule has 0 saturated carbocycles. The van der Waals surface area contributed by atoms with Crippen LogP contribution < -0.4 is 0 Å². The summed E-state index contributed by atoms with van der Waals surface area (Å²) in [6, 6.07) is 7.04. The summed E-state index contributed by atoms with van der Waals surface area (Å²) in [5, 5.41) is 10.0. The largest absolute Gasteiger partial charge is 0.387 e. The van der Waals surface area contributed by atoms with Crippen LogP contribution in [0.1, 0.15) is 11.7 Å². The summed E-state index contributed by atoms with van der Waals surface area (Å²) < 4.78 is 64.3. The van der Waals surface area contributed by atoms with Crippen molar-refractivity contribution in [3.05, 3.63) is 65.5 Å². The normalized spacial score (nSPS) is 13.3. The lowest BCUT2D eigenvalue weighted by molar-refractivity contribution is 0.154. The summed E-state index contributed by atoms with van der Waals surface area (Å²) >= 11 is 0. The average molecular weight is 345 g/mol. The van der Waals surface area contributed by atoms with E-state index in [1.165, 1.54) is 13.1 Å². The number of aliphatic hydroxyl groups is 1. The van der Waals surface area contributed by atoms with Gasteiger partial charge in [-0.2, -0.15) is 4.31 Å². The van der Waals surface area contributed by atoms with E-state index in [1.807, 2.05) is 0 Å². The maximum Gasteiger partial charge on any atom is 0.242 e. The van der Waals surface area contributed by atoms with Gasteiger partial charge in [-0.05, 0) is 42.0 Å². The fourth-order valence-electron chi connectivity index (χ4n) is 1.95. The van der Waals surface area contributed by atoms with Gasteiger partial charge in [-0.15, -0.1) is 0 Å². The number of aliphatic hydroxyl groups excluding tert-OH is 1. The number of likely N-dealkylation sites (N-methyl/N-ethyl adjacent to an activating group) is 1. The molecule has 0 saturated heterocycles. The van der Waals surface area contributed by atoms with Gasteiger partial charge >= 0.3 is 0 Å². The molecule has 2 rings (SSSR count). The van der Waals surface area contributed by atoms with Crippen molar-refractivity contribution in [2.24, 2.45) is 0 Å². The number of halogens is 3. The van der Waals surface area contributed by atoms with Crippen molar-refractivity contribution in [1.82, 2.24) is 4.31 Å². The molecule has 0 amide bonds. The maximum absolute atomic E-state index is 13.2. The Morgan fingerprint density at radius 2 is 1.65 bits per heavy atom. The van der Waals surface area contributed by atoms with Crippen LogP contribution in [0, 0.1) is 17.5 Å². The van der Waals surface area contributed by atoms with Crippen LogP contribution in [0.3, 0.4) is 0 Å². The number of hydrogen-bond donors (Lipinski definition) is 1. The predicted octanol–water partition coefficient (Wildman–Crippen LogP) is 2.46. The van der Waals surface area contributed by atoms with Crippen LogP contribution in [0.25, 0.3) is 0 Å². The lowest BCUT2D eigenvalue weighted by Crippen LogP contribution is -2.31. The molecular weight excluding hydrogens is 331 g/mol. The Morgan fingerprint density at radius 3 is 2.22 bits per heavy atom. The Bertz CT molecular complexity index is 794. The molecule has 0 spiro atoms. The minimum absolute atomic E-state index is 0.0463. The number of hydrogen-bond acceptors (Lipinski definition) is 3. The molecule has 0 aliphatic heterocycles. The first kappa shape index (κ1) is 17.5. The van der Waals surface area contributed by atoms with E-state index in [4.69, 9.17) is 0 Å². The van der Waals surface area contributed by atoms with Crippen LogP contribution in [0.5, 0.6) is 0 Å². The van der Waals surface area contributed by atoms with Crippen molar-refractivity contribution in [3.8, 4) is 0 Å². The van der Waals surface area contributed by atoms with Gasteiger partial charge in [-0.3, -0.25) is 0 Å². The fourth-order valence-corrected chi connectivity index (χ4v) is 3.13. The zero-order chi connectivity index (χ0) is 17.2. The van der Waals surface area contributed by atoms with Crippen molar-refractivity contribution < 1.29 is 26.7 Å². The van der Waals surface area contributed by atoms with Gasteiger partial charge in [0.15, 0.2) is 11.6 Å². The molecule has 0 radical (unpaired) electrons. The highest BCUT2D eigenvalue weighted by molar-refractivity contribution is 7.89. The molecule has 8 heteroatoms. The first-order valence-electron chi connectivity index (χ1n) is 6.56. The Hall–Kier alpha value is -1.90. The van der Waals surface area contributed by atoms with Gasteiger partial charge in [0.1, 0.15) is 5.82 Å². The second-order valence-electron chi connectivity index (χ2n) is 4.93. The topological polar surface area (TPSA) is 57.6 Å². The van der Waals surface area contributed by atoms with Crippen LogP contribution >= 0.6 is 0 Å². The first-order valence-corrected chi connectivity index (χ1v) is 8.01. The van der Waals surface area contributed by atoms with E-state index in [9.17, 15) is 26.7 Å². The van der Waals surface area contributed by atoms with Crippen molar-refractivity contribution in [3.63, 3.8) is 0 Å². The summed E-state index contributed by atoms with van der Waals surface area (Å²) in [7, 11) is -2.71. The molecule has 0 aliphatic carbocycles. The Labute approximate surface area is 131 Å². The van der Waals surface area contributed by atoms with Crippen molar-refractivity contribution in [2.45, 2.75) is 11.0 Å². The predicted molar refractivity (Wildman–Crippen MR) is 77.5 cm³/mol. The van der Waals surface area contributed by atoms with Gasteiger partial charge in [0.05, 0.1) is 11.0 Å². The van der Waals surface area contributed by atoms with Gasteiger partial charge in [0.2, 0.25) is 10.0 Å². The number of rotatable bonds is 5. The summed E-state index contributed by atoms with van der Waals surface area (Å²) in [6.45, 7) is -0.370. The molecule has 2 aromatic carbocycles. The summed E-state index contributed by atoms with van der Waals surface area (Å²) in [5.74, 6) is -2.77. The molecule has 2 aromatic rings. The highest BCUT2D eigenvalue weighted by Gasteiger charge is 2.24. The highest BCUT2D eigenvalue weighted by Crippen LogP contribution is 2.21. The second kappa shape index (κ2) is 6.69. The number of nitrogens with zero attached hydrogens (tertiary/aromatic N) is 1. The van der Waals surface area contributed by atoms with Crippen LogP contribution in [0.2, 0.25) is 0 Å². The maximum atomic E-state index is 13.2. The van der Waals surface area contributed by atoms with E-state index < -0.39 is 33.6 Å². The van der Waals surface area contributed by atoms with E-state index in [-0.39, 0.29) is 17.0 Å². The monoisotopic (exact) mass is 345 g/mol. The lowest BCUT2D eigenvalue weighted by Gasteiger charge is -2.21. The summed E-state index contributed by atoms with van der Waals surface area (Å²) in [6.07, 6.45) is -1.34. The lowest BCUT2D eigenvalue weighted by atomic mass is 10.1. The minimum Gasteiger partial charge on any atom is -0.387 e. The number of sulfonamides is 1. The van der Waals surface area contributed by atoms with Gasteiger partial charge in [-0.25, -0.2) is 21.6 Å². The molecule has 124 valence electrons. The van der Waals surface area contributed by atoms with Crippen LogP contribution in [-0.2, 0) is 10.0 Å². The smallest absolute Gasteiger partial charge is 0.242 e. The second-order valence-corrected chi connectivity index (χ2v) is 6.97. The van der Waals surface area contributed by atoms with Gasteiger partial charge < -0.3 is 5.11 Å². The van der Waals surface area contributed by atoms with Crippen molar-refractivity contribution >= 4 is 10.0 Å². The molecule has 0 aliphatic rings. The minimum atomic E-state index is -3.94. The van der Waals surface area contributed by atoms with Gasteiger partial charge in [-0.1, -0.05) is 6.07 Å².